The zero-order chi connectivity index (χ0) is 16.1. The Morgan fingerprint density at radius 2 is 1.78 bits per heavy atom. The Labute approximate surface area is 131 Å². The van der Waals surface area contributed by atoms with Crippen LogP contribution >= 0.6 is 0 Å². The number of aromatic nitrogens is 3. The second kappa shape index (κ2) is 6.52. The number of H-pyrrole nitrogens is 1. The van der Waals surface area contributed by atoms with Crippen molar-refractivity contribution in [1.82, 2.24) is 15.2 Å². The molecule has 7 nitrogen and oxygen atoms in total. The predicted molar refractivity (Wildman–Crippen MR) is 87.4 cm³/mol. The van der Waals surface area contributed by atoms with Crippen LogP contribution in [0.25, 0.3) is 11.3 Å². The van der Waals surface area contributed by atoms with Gasteiger partial charge in [0.15, 0.2) is 5.69 Å². The van der Waals surface area contributed by atoms with Crippen LogP contribution in [0.2, 0.25) is 0 Å². The zero-order valence-electron chi connectivity index (χ0n) is 12.0. The van der Waals surface area contributed by atoms with Gasteiger partial charge in [-0.15, -0.1) is 10.2 Å². The summed E-state index contributed by atoms with van der Waals surface area (Å²) in [5.74, 6) is 0.221. The second-order valence-corrected chi connectivity index (χ2v) is 4.65. The Morgan fingerprint density at radius 1 is 1.04 bits per heavy atom. The number of hydrogen-bond donors (Lipinski definition) is 3. The van der Waals surface area contributed by atoms with Crippen LogP contribution < -0.4 is 11.0 Å². The molecule has 0 aliphatic carbocycles. The molecule has 0 atom stereocenters. The van der Waals surface area contributed by atoms with Crippen molar-refractivity contribution in [2.24, 2.45) is 5.10 Å². The first kappa shape index (κ1) is 14.5. The Hall–Kier alpha value is -3.48. The van der Waals surface area contributed by atoms with Crippen molar-refractivity contribution in [3.05, 3.63) is 70.5 Å². The van der Waals surface area contributed by atoms with Crippen LogP contribution in [-0.4, -0.2) is 26.5 Å². The number of aromatic hydroxyl groups is 1. The Bertz CT molecular complexity index is 890. The van der Waals surface area contributed by atoms with E-state index in [1.807, 2.05) is 18.2 Å². The molecule has 7 heteroatoms. The van der Waals surface area contributed by atoms with Crippen molar-refractivity contribution in [1.29, 1.82) is 0 Å². The predicted octanol–water partition coefficient (Wildman–Crippen LogP) is 1.98. The maximum atomic E-state index is 12.0. The molecule has 3 N–H and O–H groups in total. The molecule has 3 rings (SSSR count). The maximum absolute atomic E-state index is 12.0. The summed E-state index contributed by atoms with van der Waals surface area (Å²) in [6.45, 7) is 0. The SMILES string of the molecule is O=c1[nH]c(N/N=C/c2ccccc2O)nnc1-c1ccccc1. The van der Waals surface area contributed by atoms with E-state index < -0.39 is 0 Å². The number of para-hydroxylation sites is 1. The van der Waals surface area contributed by atoms with Crippen LogP contribution in [0.1, 0.15) is 5.56 Å². The lowest BCUT2D eigenvalue weighted by molar-refractivity contribution is 0.474. The normalized spacial score (nSPS) is 10.8. The van der Waals surface area contributed by atoms with Gasteiger partial charge in [0.1, 0.15) is 5.75 Å². The summed E-state index contributed by atoms with van der Waals surface area (Å²) in [4.78, 5) is 14.6. The topological polar surface area (TPSA) is 103 Å². The number of aromatic amines is 1. The summed E-state index contributed by atoms with van der Waals surface area (Å²) in [7, 11) is 0. The number of phenolic OH excluding ortho intramolecular Hbond substituents is 1. The first-order chi connectivity index (χ1) is 11.2. The molecule has 0 saturated carbocycles. The average molecular weight is 307 g/mol. The summed E-state index contributed by atoms with van der Waals surface area (Å²) >= 11 is 0. The van der Waals surface area contributed by atoms with Crippen LogP contribution in [-0.2, 0) is 0 Å². The van der Waals surface area contributed by atoms with Gasteiger partial charge in [-0.1, -0.05) is 42.5 Å². The molecular weight excluding hydrogens is 294 g/mol. The van der Waals surface area contributed by atoms with Gasteiger partial charge in [-0.25, -0.2) is 5.43 Å². The fourth-order valence-electron chi connectivity index (χ4n) is 1.93. The molecule has 0 bridgehead atoms. The van der Waals surface area contributed by atoms with E-state index in [-0.39, 0.29) is 23.0 Å². The molecule has 0 spiro atoms. The Kier molecular flexibility index (Phi) is 4.10. The van der Waals surface area contributed by atoms with Gasteiger partial charge >= 0.3 is 0 Å². The van der Waals surface area contributed by atoms with E-state index in [0.717, 1.165) is 0 Å². The summed E-state index contributed by atoms with van der Waals surface area (Å²) in [6, 6.07) is 15.8. The van der Waals surface area contributed by atoms with E-state index in [4.69, 9.17) is 0 Å². The smallest absolute Gasteiger partial charge is 0.279 e. The van der Waals surface area contributed by atoms with E-state index in [0.29, 0.717) is 11.1 Å². The summed E-state index contributed by atoms with van der Waals surface area (Å²) < 4.78 is 0. The standard InChI is InChI=1S/C16H13N5O2/c22-13-9-5-4-8-12(13)10-17-20-16-18-15(23)14(19-21-16)11-6-2-1-3-7-11/h1-10,22H,(H2,18,20,21,23)/b17-10+. The van der Waals surface area contributed by atoms with Gasteiger partial charge in [-0.05, 0) is 12.1 Å². The first-order valence-corrected chi connectivity index (χ1v) is 6.83. The molecule has 1 aromatic heterocycles. The van der Waals surface area contributed by atoms with Crippen LogP contribution in [0, 0.1) is 0 Å². The van der Waals surface area contributed by atoms with Crippen molar-refractivity contribution in [2.75, 3.05) is 5.43 Å². The Balaban J connectivity index is 1.77. The molecular formula is C16H13N5O2. The molecule has 23 heavy (non-hydrogen) atoms. The van der Waals surface area contributed by atoms with Crippen molar-refractivity contribution in [3.63, 3.8) is 0 Å². The highest BCUT2D eigenvalue weighted by atomic mass is 16.3. The highest BCUT2D eigenvalue weighted by Crippen LogP contribution is 2.13. The fraction of sp³-hybridized carbons (Fsp3) is 0. The molecule has 0 fully saturated rings. The van der Waals surface area contributed by atoms with Gasteiger partial charge in [-0.2, -0.15) is 5.10 Å². The third-order valence-electron chi connectivity index (χ3n) is 3.06. The highest BCUT2D eigenvalue weighted by molar-refractivity contribution is 5.83. The van der Waals surface area contributed by atoms with Gasteiger partial charge in [0, 0.05) is 11.1 Å². The molecule has 3 aromatic rings. The lowest BCUT2D eigenvalue weighted by Gasteiger charge is -2.01. The third-order valence-corrected chi connectivity index (χ3v) is 3.06. The molecule has 0 aliphatic rings. The Morgan fingerprint density at radius 3 is 2.52 bits per heavy atom. The number of nitrogens with zero attached hydrogens (tertiary/aromatic N) is 3. The van der Waals surface area contributed by atoms with E-state index in [9.17, 15) is 9.90 Å². The zero-order valence-corrected chi connectivity index (χ0v) is 12.0. The minimum atomic E-state index is -0.369. The second-order valence-electron chi connectivity index (χ2n) is 4.65. The van der Waals surface area contributed by atoms with Crippen molar-refractivity contribution in [3.8, 4) is 17.0 Å². The molecule has 0 radical (unpaired) electrons. The molecule has 1 heterocycles. The summed E-state index contributed by atoms with van der Waals surface area (Å²) in [5.41, 5.74) is 3.66. The van der Waals surface area contributed by atoms with E-state index in [2.05, 4.69) is 25.7 Å². The maximum Gasteiger partial charge on any atom is 0.279 e. The first-order valence-electron chi connectivity index (χ1n) is 6.83. The fourth-order valence-corrected chi connectivity index (χ4v) is 1.93. The van der Waals surface area contributed by atoms with Crippen LogP contribution in [0.5, 0.6) is 5.75 Å². The monoisotopic (exact) mass is 307 g/mol. The van der Waals surface area contributed by atoms with Crippen LogP contribution in [0.4, 0.5) is 5.95 Å². The van der Waals surface area contributed by atoms with E-state index in [1.54, 1.807) is 36.4 Å². The largest absolute Gasteiger partial charge is 0.507 e. The number of rotatable bonds is 4. The molecule has 2 aromatic carbocycles. The van der Waals surface area contributed by atoms with E-state index >= 15 is 0 Å². The lowest BCUT2D eigenvalue weighted by Crippen LogP contribution is -2.15. The van der Waals surface area contributed by atoms with Gasteiger partial charge < -0.3 is 5.11 Å². The van der Waals surface area contributed by atoms with Crippen LogP contribution in [0.3, 0.4) is 0 Å². The van der Waals surface area contributed by atoms with Gasteiger partial charge in [0.05, 0.1) is 6.21 Å². The minimum Gasteiger partial charge on any atom is -0.507 e. The minimum absolute atomic E-state index is 0.108. The lowest BCUT2D eigenvalue weighted by atomic mass is 10.2. The number of anilines is 1. The number of nitrogens with one attached hydrogen (secondary N) is 2. The molecule has 0 unspecified atom stereocenters. The number of phenols is 1. The van der Waals surface area contributed by atoms with Crippen molar-refractivity contribution >= 4 is 12.2 Å². The van der Waals surface area contributed by atoms with Crippen molar-refractivity contribution in [2.45, 2.75) is 0 Å². The highest BCUT2D eigenvalue weighted by Gasteiger charge is 2.06. The number of hydrogen-bond acceptors (Lipinski definition) is 6. The molecule has 114 valence electrons. The molecule has 0 saturated heterocycles. The van der Waals surface area contributed by atoms with Gasteiger partial charge in [-0.3, -0.25) is 9.78 Å². The summed E-state index contributed by atoms with van der Waals surface area (Å²) in [5, 5.41) is 21.3. The molecule has 0 amide bonds. The third kappa shape index (κ3) is 3.41. The number of benzene rings is 2. The quantitative estimate of drug-likeness (QED) is 0.505. The van der Waals surface area contributed by atoms with Crippen LogP contribution in [0.15, 0.2) is 64.5 Å². The number of hydrazone groups is 1. The average Bonchev–Trinajstić information content (AvgIpc) is 2.57. The van der Waals surface area contributed by atoms with Crippen molar-refractivity contribution < 1.29 is 5.11 Å². The molecule has 0 aliphatic heterocycles. The summed E-state index contributed by atoms with van der Waals surface area (Å²) in [6.07, 6.45) is 1.42. The van der Waals surface area contributed by atoms with Gasteiger partial charge in [0.25, 0.3) is 5.56 Å². The van der Waals surface area contributed by atoms with E-state index in [1.165, 1.54) is 6.21 Å². The van der Waals surface area contributed by atoms with Gasteiger partial charge in [0.2, 0.25) is 5.95 Å².